The Morgan fingerprint density at radius 1 is 1.36 bits per heavy atom. The van der Waals surface area contributed by atoms with Crippen LogP contribution in [0.25, 0.3) is 0 Å². The molecule has 0 spiro atoms. The second-order valence-electron chi connectivity index (χ2n) is 4.05. The van der Waals surface area contributed by atoms with E-state index in [2.05, 4.69) is 20.8 Å². The van der Waals surface area contributed by atoms with E-state index in [9.17, 15) is 0 Å². The van der Waals surface area contributed by atoms with Gasteiger partial charge in [-0.15, -0.1) is 0 Å². The van der Waals surface area contributed by atoms with Crippen LogP contribution in [0.1, 0.15) is 33.6 Å². The maximum atomic E-state index is 5.16. The van der Waals surface area contributed by atoms with Crippen LogP contribution < -0.4 is 0 Å². The zero-order valence-electron chi connectivity index (χ0n) is 7.97. The van der Waals surface area contributed by atoms with Crippen LogP contribution in [0.2, 0.25) is 0 Å². The number of rotatable bonds is 4. The van der Waals surface area contributed by atoms with Gasteiger partial charge in [-0.2, -0.15) is 0 Å². The van der Waals surface area contributed by atoms with Crippen LogP contribution in [0.5, 0.6) is 0 Å². The molecule has 1 atom stereocenters. The fraction of sp³-hybridized carbons (Fsp3) is 1.00. The van der Waals surface area contributed by atoms with Crippen LogP contribution in [0.15, 0.2) is 0 Å². The van der Waals surface area contributed by atoms with Gasteiger partial charge < -0.3 is 4.74 Å². The molecule has 1 rings (SSSR count). The fourth-order valence-corrected chi connectivity index (χ4v) is 1.76. The molecule has 0 bridgehead atoms. The van der Waals surface area contributed by atoms with E-state index >= 15 is 0 Å². The van der Waals surface area contributed by atoms with Crippen molar-refractivity contribution in [3.8, 4) is 0 Å². The van der Waals surface area contributed by atoms with Gasteiger partial charge in [0.2, 0.25) is 0 Å². The van der Waals surface area contributed by atoms with Gasteiger partial charge in [0.25, 0.3) is 0 Å². The molecule has 0 aromatic carbocycles. The maximum Gasteiger partial charge on any atom is 0.0516 e. The molecular weight excluding hydrogens is 136 g/mol. The molecule has 0 aliphatic carbocycles. The SMILES string of the molecule is CCC(CC1COC1)C(C)C. The second-order valence-corrected chi connectivity index (χ2v) is 4.05. The van der Waals surface area contributed by atoms with Crippen molar-refractivity contribution < 1.29 is 4.74 Å². The van der Waals surface area contributed by atoms with E-state index in [4.69, 9.17) is 4.74 Å². The summed E-state index contributed by atoms with van der Waals surface area (Å²) >= 11 is 0. The predicted octanol–water partition coefficient (Wildman–Crippen LogP) is 2.71. The largest absolute Gasteiger partial charge is 0.381 e. The standard InChI is InChI=1S/C10H20O/c1-4-10(8(2)3)5-9-6-11-7-9/h8-10H,4-7H2,1-3H3. The third kappa shape index (κ3) is 2.48. The molecule has 0 aromatic heterocycles. The summed E-state index contributed by atoms with van der Waals surface area (Å²) in [6, 6.07) is 0. The number of ether oxygens (including phenoxy) is 1. The smallest absolute Gasteiger partial charge is 0.0516 e. The summed E-state index contributed by atoms with van der Waals surface area (Å²) in [6.07, 6.45) is 2.71. The molecule has 0 aromatic rings. The molecule has 1 aliphatic rings. The molecule has 1 heterocycles. The van der Waals surface area contributed by atoms with Gasteiger partial charge in [0.15, 0.2) is 0 Å². The van der Waals surface area contributed by atoms with E-state index in [1.165, 1.54) is 12.8 Å². The molecule has 66 valence electrons. The highest BCUT2D eigenvalue weighted by atomic mass is 16.5. The second kappa shape index (κ2) is 4.10. The molecule has 1 fully saturated rings. The lowest BCUT2D eigenvalue weighted by Gasteiger charge is -2.31. The van der Waals surface area contributed by atoms with Crippen LogP contribution in [0.3, 0.4) is 0 Å². The average molecular weight is 156 g/mol. The van der Waals surface area contributed by atoms with Crippen molar-refractivity contribution in [3.63, 3.8) is 0 Å². The van der Waals surface area contributed by atoms with E-state index in [0.29, 0.717) is 0 Å². The minimum Gasteiger partial charge on any atom is -0.381 e. The summed E-state index contributed by atoms with van der Waals surface area (Å²) in [7, 11) is 0. The van der Waals surface area contributed by atoms with E-state index in [0.717, 1.165) is 31.0 Å². The third-order valence-electron chi connectivity index (χ3n) is 2.81. The van der Waals surface area contributed by atoms with Gasteiger partial charge >= 0.3 is 0 Å². The lowest BCUT2D eigenvalue weighted by Crippen LogP contribution is -2.30. The molecule has 1 unspecified atom stereocenters. The molecule has 1 aliphatic heterocycles. The summed E-state index contributed by atoms with van der Waals surface area (Å²) in [5.74, 6) is 2.65. The summed E-state index contributed by atoms with van der Waals surface area (Å²) in [6.45, 7) is 8.98. The predicted molar refractivity (Wildman–Crippen MR) is 47.5 cm³/mol. The molecule has 0 N–H and O–H groups in total. The minimum absolute atomic E-state index is 0.848. The number of hydrogen-bond donors (Lipinski definition) is 0. The van der Waals surface area contributed by atoms with Crippen LogP contribution in [0, 0.1) is 17.8 Å². The van der Waals surface area contributed by atoms with E-state index < -0.39 is 0 Å². The molecule has 1 saturated heterocycles. The summed E-state index contributed by atoms with van der Waals surface area (Å²) < 4.78 is 5.16. The highest BCUT2D eigenvalue weighted by Gasteiger charge is 2.23. The van der Waals surface area contributed by atoms with Crippen molar-refractivity contribution in [2.24, 2.45) is 17.8 Å². The lowest BCUT2D eigenvalue weighted by molar-refractivity contribution is -0.0455. The summed E-state index contributed by atoms with van der Waals surface area (Å²) in [5.41, 5.74) is 0. The Labute approximate surface area is 70.1 Å². The quantitative estimate of drug-likeness (QED) is 0.608. The van der Waals surface area contributed by atoms with E-state index in [1.807, 2.05) is 0 Å². The average Bonchev–Trinajstić information content (AvgIpc) is 1.85. The van der Waals surface area contributed by atoms with Gasteiger partial charge in [-0.3, -0.25) is 0 Å². The normalized spacial score (nSPS) is 21.8. The number of hydrogen-bond acceptors (Lipinski definition) is 1. The Kier molecular flexibility index (Phi) is 3.38. The first-order valence-corrected chi connectivity index (χ1v) is 4.81. The first-order chi connectivity index (χ1) is 5.24. The van der Waals surface area contributed by atoms with Gasteiger partial charge in [0.05, 0.1) is 13.2 Å². The topological polar surface area (TPSA) is 9.23 Å². The molecule has 0 amide bonds. The molecule has 0 radical (unpaired) electrons. The molecule has 1 heteroatoms. The molecular formula is C10H20O. The van der Waals surface area contributed by atoms with Gasteiger partial charge in [0, 0.05) is 5.92 Å². The fourth-order valence-electron chi connectivity index (χ4n) is 1.76. The van der Waals surface area contributed by atoms with Crippen molar-refractivity contribution in [1.29, 1.82) is 0 Å². The van der Waals surface area contributed by atoms with Crippen molar-refractivity contribution in [3.05, 3.63) is 0 Å². The Hall–Kier alpha value is -0.0400. The maximum absolute atomic E-state index is 5.16. The van der Waals surface area contributed by atoms with Crippen LogP contribution in [0.4, 0.5) is 0 Å². The van der Waals surface area contributed by atoms with Gasteiger partial charge in [-0.25, -0.2) is 0 Å². The van der Waals surface area contributed by atoms with Crippen LogP contribution in [-0.2, 0) is 4.74 Å². The lowest BCUT2D eigenvalue weighted by atomic mass is 9.84. The zero-order valence-corrected chi connectivity index (χ0v) is 7.97. The Morgan fingerprint density at radius 3 is 2.27 bits per heavy atom. The third-order valence-corrected chi connectivity index (χ3v) is 2.81. The van der Waals surface area contributed by atoms with Gasteiger partial charge in [-0.05, 0) is 18.3 Å². The summed E-state index contributed by atoms with van der Waals surface area (Å²) in [4.78, 5) is 0. The Balaban J connectivity index is 2.19. The summed E-state index contributed by atoms with van der Waals surface area (Å²) in [5, 5.41) is 0. The van der Waals surface area contributed by atoms with E-state index in [-0.39, 0.29) is 0 Å². The van der Waals surface area contributed by atoms with Crippen molar-refractivity contribution in [2.75, 3.05) is 13.2 Å². The van der Waals surface area contributed by atoms with Gasteiger partial charge in [0.1, 0.15) is 0 Å². The Morgan fingerprint density at radius 2 is 2.00 bits per heavy atom. The van der Waals surface area contributed by atoms with Gasteiger partial charge in [-0.1, -0.05) is 27.2 Å². The monoisotopic (exact) mass is 156 g/mol. The van der Waals surface area contributed by atoms with Crippen molar-refractivity contribution in [2.45, 2.75) is 33.6 Å². The highest BCUT2D eigenvalue weighted by Crippen LogP contribution is 2.27. The Bertz CT molecular complexity index is 105. The first-order valence-electron chi connectivity index (χ1n) is 4.81. The van der Waals surface area contributed by atoms with Crippen LogP contribution >= 0.6 is 0 Å². The van der Waals surface area contributed by atoms with Crippen molar-refractivity contribution in [1.82, 2.24) is 0 Å². The van der Waals surface area contributed by atoms with E-state index in [1.54, 1.807) is 0 Å². The highest BCUT2D eigenvalue weighted by molar-refractivity contribution is 4.71. The first kappa shape index (κ1) is 9.05. The minimum atomic E-state index is 0.848. The molecule has 0 saturated carbocycles. The van der Waals surface area contributed by atoms with Crippen LogP contribution in [-0.4, -0.2) is 13.2 Å². The van der Waals surface area contributed by atoms with Crippen molar-refractivity contribution >= 4 is 0 Å². The molecule has 1 nitrogen and oxygen atoms in total. The zero-order chi connectivity index (χ0) is 8.27. The molecule has 11 heavy (non-hydrogen) atoms.